The van der Waals surface area contributed by atoms with Gasteiger partial charge in [-0.15, -0.1) is 0 Å². The highest BCUT2D eigenvalue weighted by Gasteiger charge is 2.21. The minimum absolute atomic E-state index is 0.259. The molecule has 0 atom stereocenters. The molecule has 0 saturated carbocycles. The average molecular weight is 394 g/mol. The Bertz CT molecular complexity index is 1200. The number of nitrogens with one attached hydrogen (secondary N) is 2. The van der Waals surface area contributed by atoms with E-state index in [1.807, 2.05) is 37.3 Å². The van der Waals surface area contributed by atoms with Gasteiger partial charge in [0.2, 0.25) is 10.0 Å². The van der Waals surface area contributed by atoms with E-state index in [0.29, 0.717) is 28.4 Å². The van der Waals surface area contributed by atoms with E-state index >= 15 is 0 Å². The van der Waals surface area contributed by atoms with E-state index in [1.54, 1.807) is 30.3 Å². The van der Waals surface area contributed by atoms with E-state index in [4.69, 9.17) is 4.74 Å². The van der Waals surface area contributed by atoms with Gasteiger partial charge in [0.15, 0.2) is 5.75 Å². The Morgan fingerprint density at radius 2 is 1.71 bits per heavy atom. The van der Waals surface area contributed by atoms with Crippen LogP contribution in [0.2, 0.25) is 0 Å². The van der Waals surface area contributed by atoms with Crippen LogP contribution in [0.1, 0.15) is 15.9 Å². The first-order chi connectivity index (χ1) is 13.3. The lowest BCUT2D eigenvalue weighted by Gasteiger charge is -2.10. The molecule has 142 valence electrons. The largest absolute Gasteiger partial charge is 0.454 e. The van der Waals surface area contributed by atoms with Crippen molar-refractivity contribution in [1.82, 2.24) is 0 Å². The number of hydrogen-bond acceptors (Lipinski definition) is 4. The maximum atomic E-state index is 12.7. The number of ether oxygens (including phenoxy) is 1. The monoisotopic (exact) mass is 394 g/mol. The molecule has 0 radical (unpaired) electrons. The van der Waals surface area contributed by atoms with E-state index in [9.17, 15) is 13.2 Å². The molecule has 4 rings (SSSR count). The van der Waals surface area contributed by atoms with Gasteiger partial charge in [0.1, 0.15) is 5.75 Å². The molecule has 0 unspecified atom stereocenters. The molecule has 2 N–H and O–H groups in total. The van der Waals surface area contributed by atoms with Crippen LogP contribution in [0, 0.1) is 6.92 Å². The van der Waals surface area contributed by atoms with Crippen molar-refractivity contribution >= 4 is 27.3 Å². The topological polar surface area (TPSA) is 84.5 Å². The lowest BCUT2D eigenvalue weighted by atomic mass is 10.0. The number of aryl methyl sites for hydroxylation is 1. The van der Waals surface area contributed by atoms with E-state index in [0.717, 1.165) is 22.9 Å². The maximum absolute atomic E-state index is 12.7. The van der Waals surface area contributed by atoms with Crippen LogP contribution in [-0.4, -0.2) is 20.6 Å². The average Bonchev–Trinajstić information content (AvgIpc) is 2.76. The summed E-state index contributed by atoms with van der Waals surface area (Å²) in [6, 6.07) is 17.9. The van der Waals surface area contributed by atoms with Gasteiger partial charge in [0.25, 0.3) is 5.91 Å². The fraction of sp³-hybridized carbons (Fsp3) is 0.0952. The second-order valence-electron chi connectivity index (χ2n) is 6.72. The molecule has 0 aliphatic carbocycles. The number of amides is 1. The SMILES string of the molecule is Cc1ccc2c(c1)Oc1ccc(-c3cccc(NS(C)(=O)=O)c3)cc1C(=O)N2. The molecule has 0 fully saturated rings. The molecule has 0 aromatic heterocycles. The predicted molar refractivity (Wildman–Crippen MR) is 110 cm³/mol. The Labute approximate surface area is 163 Å². The standard InChI is InChI=1S/C21H18N2O4S/c1-13-6-8-18-20(10-13)27-19-9-7-15(12-17(19)21(24)22-18)14-4-3-5-16(11-14)23-28(2,25)26/h3-12,23H,1-2H3,(H,22,24). The molecule has 1 aliphatic rings. The van der Waals surface area contributed by atoms with Crippen LogP contribution in [0.25, 0.3) is 11.1 Å². The van der Waals surface area contributed by atoms with E-state index < -0.39 is 10.0 Å². The third-order valence-electron chi connectivity index (χ3n) is 4.33. The number of anilines is 2. The van der Waals surface area contributed by atoms with Gasteiger partial charge >= 0.3 is 0 Å². The molecule has 0 saturated heterocycles. The summed E-state index contributed by atoms with van der Waals surface area (Å²) in [6.45, 7) is 1.96. The van der Waals surface area contributed by atoms with Gasteiger partial charge in [-0.2, -0.15) is 0 Å². The van der Waals surface area contributed by atoms with Crippen molar-refractivity contribution in [2.24, 2.45) is 0 Å². The molecule has 28 heavy (non-hydrogen) atoms. The molecule has 3 aromatic carbocycles. The third-order valence-corrected chi connectivity index (χ3v) is 4.94. The van der Waals surface area contributed by atoms with E-state index in [2.05, 4.69) is 10.0 Å². The quantitative estimate of drug-likeness (QED) is 0.690. The van der Waals surface area contributed by atoms with Crippen LogP contribution >= 0.6 is 0 Å². The molecule has 0 bridgehead atoms. The highest BCUT2D eigenvalue weighted by molar-refractivity contribution is 7.92. The second kappa shape index (κ2) is 6.69. The molecule has 1 amide bonds. The van der Waals surface area contributed by atoms with Gasteiger partial charge in [-0.1, -0.05) is 24.3 Å². The summed E-state index contributed by atoms with van der Waals surface area (Å²) < 4.78 is 31.4. The Morgan fingerprint density at radius 1 is 0.929 bits per heavy atom. The fourth-order valence-corrected chi connectivity index (χ4v) is 3.63. The Hall–Kier alpha value is -3.32. The van der Waals surface area contributed by atoms with E-state index in [1.165, 1.54) is 0 Å². The van der Waals surface area contributed by atoms with Crippen LogP contribution in [0.4, 0.5) is 11.4 Å². The zero-order chi connectivity index (χ0) is 19.9. The first-order valence-corrected chi connectivity index (χ1v) is 10.5. The molecule has 6 nitrogen and oxygen atoms in total. The van der Waals surface area contributed by atoms with Crippen molar-refractivity contribution in [1.29, 1.82) is 0 Å². The van der Waals surface area contributed by atoms with Crippen molar-refractivity contribution in [2.75, 3.05) is 16.3 Å². The molecular weight excluding hydrogens is 376 g/mol. The second-order valence-corrected chi connectivity index (χ2v) is 8.47. The van der Waals surface area contributed by atoms with Crippen LogP contribution in [0.3, 0.4) is 0 Å². The minimum atomic E-state index is -3.37. The number of sulfonamides is 1. The molecule has 0 spiro atoms. The first kappa shape index (κ1) is 18.1. The van der Waals surface area contributed by atoms with Crippen molar-refractivity contribution < 1.29 is 17.9 Å². The van der Waals surface area contributed by atoms with Crippen molar-refractivity contribution in [2.45, 2.75) is 6.92 Å². The molecule has 7 heteroatoms. The van der Waals surface area contributed by atoms with Crippen LogP contribution in [-0.2, 0) is 10.0 Å². The fourth-order valence-electron chi connectivity index (χ4n) is 3.08. The normalized spacial score (nSPS) is 12.9. The van der Waals surface area contributed by atoms with Crippen molar-refractivity contribution in [3.05, 3.63) is 71.8 Å². The highest BCUT2D eigenvalue weighted by Crippen LogP contribution is 2.38. The Morgan fingerprint density at radius 3 is 2.50 bits per heavy atom. The predicted octanol–water partition coefficient (Wildman–Crippen LogP) is 4.39. The minimum Gasteiger partial charge on any atom is -0.454 e. The van der Waals surface area contributed by atoms with Crippen LogP contribution < -0.4 is 14.8 Å². The first-order valence-electron chi connectivity index (χ1n) is 8.61. The summed E-state index contributed by atoms with van der Waals surface area (Å²) in [5.41, 5.74) is 4.07. The maximum Gasteiger partial charge on any atom is 0.259 e. The molecule has 3 aromatic rings. The summed E-state index contributed by atoms with van der Waals surface area (Å²) in [5.74, 6) is 0.806. The van der Waals surface area contributed by atoms with Gasteiger partial charge in [0, 0.05) is 5.69 Å². The summed E-state index contributed by atoms with van der Waals surface area (Å²) in [6.07, 6.45) is 1.10. The van der Waals surface area contributed by atoms with Crippen LogP contribution in [0.15, 0.2) is 60.7 Å². The van der Waals surface area contributed by atoms with Crippen molar-refractivity contribution in [3.8, 4) is 22.6 Å². The highest BCUT2D eigenvalue weighted by atomic mass is 32.2. The number of carbonyl (C=O) groups is 1. The summed E-state index contributed by atoms with van der Waals surface area (Å²) in [4.78, 5) is 12.7. The Balaban J connectivity index is 1.73. The number of rotatable bonds is 3. The summed E-state index contributed by atoms with van der Waals surface area (Å²) in [7, 11) is -3.37. The van der Waals surface area contributed by atoms with Crippen LogP contribution in [0.5, 0.6) is 11.5 Å². The third kappa shape index (κ3) is 3.70. The molecule has 1 heterocycles. The summed E-state index contributed by atoms with van der Waals surface area (Å²) in [5, 5.41) is 2.87. The number of benzene rings is 3. The van der Waals surface area contributed by atoms with Gasteiger partial charge in [-0.25, -0.2) is 8.42 Å². The smallest absolute Gasteiger partial charge is 0.259 e. The van der Waals surface area contributed by atoms with Gasteiger partial charge in [-0.3, -0.25) is 9.52 Å². The van der Waals surface area contributed by atoms with Crippen molar-refractivity contribution in [3.63, 3.8) is 0 Å². The number of fused-ring (bicyclic) bond motifs is 2. The van der Waals surface area contributed by atoms with Gasteiger partial charge in [0.05, 0.1) is 17.5 Å². The lowest BCUT2D eigenvalue weighted by molar-refractivity contribution is 0.102. The van der Waals surface area contributed by atoms with Gasteiger partial charge in [-0.05, 0) is 60.0 Å². The van der Waals surface area contributed by atoms with Gasteiger partial charge < -0.3 is 10.1 Å². The molecule has 1 aliphatic heterocycles. The zero-order valence-corrected chi connectivity index (χ0v) is 16.1. The summed E-state index contributed by atoms with van der Waals surface area (Å²) >= 11 is 0. The van der Waals surface area contributed by atoms with E-state index in [-0.39, 0.29) is 5.91 Å². The molecular formula is C21H18N2O4S. The number of hydrogen-bond donors (Lipinski definition) is 2. The Kier molecular flexibility index (Phi) is 4.31. The zero-order valence-electron chi connectivity index (χ0n) is 15.3. The lowest BCUT2D eigenvalue weighted by Crippen LogP contribution is -2.10. The number of carbonyl (C=O) groups excluding carboxylic acids is 1.